The van der Waals surface area contributed by atoms with Gasteiger partial charge in [-0.25, -0.2) is 14.6 Å². The van der Waals surface area contributed by atoms with E-state index < -0.39 is 24.5 Å². The van der Waals surface area contributed by atoms with Crippen LogP contribution in [0.4, 0.5) is 4.79 Å². The number of rotatable bonds is 5. The Morgan fingerprint density at radius 3 is 2.79 bits per heavy atom. The van der Waals surface area contributed by atoms with Crippen molar-refractivity contribution in [3.63, 3.8) is 0 Å². The molecule has 0 fully saturated rings. The minimum absolute atomic E-state index is 0.132. The highest BCUT2D eigenvalue weighted by atomic mass is 32.1. The monoisotopic (exact) mass is 402 g/mol. The Labute approximate surface area is 164 Å². The summed E-state index contributed by atoms with van der Waals surface area (Å²) < 4.78 is 10.3. The summed E-state index contributed by atoms with van der Waals surface area (Å²) in [4.78, 5) is 41.2. The third kappa shape index (κ3) is 4.34. The first-order valence-electron chi connectivity index (χ1n) is 8.43. The molecule has 0 aliphatic carbocycles. The van der Waals surface area contributed by atoms with Gasteiger partial charge in [-0.2, -0.15) is 0 Å². The summed E-state index contributed by atoms with van der Waals surface area (Å²) in [5.74, 6) is -1.48. The number of esters is 1. The molecule has 3 aromatic rings. The van der Waals surface area contributed by atoms with Crippen molar-refractivity contribution in [2.24, 2.45) is 0 Å². The van der Waals surface area contributed by atoms with Crippen molar-refractivity contribution in [3.8, 4) is 10.6 Å². The van der Waals surface area contributed by atoms with E-state index >= 15 is 0 Å². The zero-order valence-corrected chi connectivity index (χ0v) is 16.3. The highest BCUT2D eigenvalue weighted by molar-refractivity contribution is 7.13. The summed E-state index contributed by atoms with van der Waals surface area (Å²) in [5.41, 5.74) is 1.40. The van der Waals surface area contributed by atoms with Crippen molar-refractivity contribution in [3.05, 3.63) is 34.8 Å². The maximum atomic E-state index is 12.6. The molecule has 0 bridgehead atoms. The molecule has 0 radical (unpaired) electrons. The van der Waals surface area contributed by atoms with E-state index in [-0.39, 0.29) is 17.3 Å². The molecule has 0 spiro atoms. The van der Waals surface area contributed by atoms with Gasteiger partial charge in [0.25, 0.3) is 11.6 Å². The number of nitrogens with one attached hydrogen (secondary N) is 2. The summed E-state index contributed by atoms with van der Waals surface area (Å²) in [7, 11) is 0. The van der Waals surface area contributed by atoms with Crippen molar-refractivity contribution >= 4 is 40.3 Å². The zero-order chi connectivity index (χ0) is 20.3. The fraction of sp³-hybridized carbons (Fsp3) is 0.278. The van der Waals surface area contributed by atoms with Gasteiger partial charge in [0.05, 0.1) is 27.2 Å². The van der Waals surface area contributed by atoms with Crippen LogP contribution in [0.25, 0.3) is 21.7 Å². The fourth-order valence-electron chi connectivity index (χ4n) is 2.48. The van der Waals surface area contributed by atoms with E-state index in [2.05, 4.69) is 20.8 Å². The summed E-state index contributed by atoms with van der Waals surface area (Å²) in [6.07, 6.45) is 0. The van der Waals surface area contributed by atoms with Gasteiger partial charge in [-0.05, 0) is 38.3 Å². The minimum atomic E-state index is -0.740. The molecule has 28 heavy (non-hydrogen) atoms. The summed E-state index contributed by atoms with van der Waals surface area (Å²) in [5, 5.41) is 10.7. The van der Waals surface area contributed by atoms with Crippen molar-refractivity contribution < 1.29 is 23.6 Å². The third-order valence-corrected chi connectivity index (χ3v) is 4.51. The van der Waals surface area contributed by atoms with Crippen LogP contribution in [0.5, 0.6) is 0 Å². The molecular formula is C18H18N4O5S. The van der Waals surface area contributed by atoms with Crippen LogP contribution in [0.15, 0.2) is 28.1 Å². The lowest BCUT2D eigenvalue weighted by molar-refractivity contribution is -0.123. The lowest BCUT2D eigenvalue weighted by Crippen LogP contribution is -2.44. The van der Waals surface area contributed by atoms with Crippen LogP contribution in [0.1, 0.15) is 29.9 Å². The van der Waals surface area contributed by atoms with Crippen LogP contribution in [-0.2, 0) is 9.53 Å². The molecule has 3 aromatic heterocycles. The van der Waals surface area contributed by atoms with E-state index in [0.717, 1.165) is 4.88 Å². The number of carbonyl (C=O) groups is 3. The average Bonchev–Trinajstić information content (AvgIpc) is 3.28. The van der Waals surface area contributed by atoms with Crippen molar-refractivity contribution in [2.45, 2.75) is 26.8 Å². The molecule has 0 aliphatic heterocycles. The van der Waals surface area contributed by atoms with Gasteiger partial charge in [0, 0.05) is 6.04 Å². The molecule has 3 rings (SSSR count). The Hall–Kier alpha value is -3.27. The largest absolute Gasteiger partial charge is 0.452 e. The normalized spacial score (nSPS) is 10.9. The van der Waals surface area contributed by atoms with Gasteiger partial charge < -0.3 is 14.6 Å². The SMILES string of the molecule is Cc1noc2nc(-c3cccs3)cc(C(=O)OCC(=O)NC(=O)NC(C)C)c12. The molecule has 0 aromatic carbocycles. The predicted molar refractivity (Wildman–Crippen MR) is 102 cm³/mol. The van der Waals surface area contributed by atoms with Gasteiger partial charge >= 0.3 is 12.0 Å². The van der Waals surface area contributed by atoms with Crippen LogP contribution in [0.2, 0.25) is 0 Å². The molecule has 9 nitrogen and oxygen atoms in total. The fourth-order valence-corrected chi connectivity index (χ4v) is 3.16. The Morgan fingerprint density at radius 2 is 2.11 bits per heavy atom. The van der Waals surface area contributed by atoms with E-state index in [1.165, 1.54) is 11.3 Å². The Kier molecular flexibility index (Phi) is 5.69. The number of fused-ring (bicyclic) bond motifs is 1. The number of carbonyl (C=O) groups excluding carboxylic acids is 3. The van der Waals surface area contributed by atoms with Gasteiger partial charge in [-0.3, -0.25) is 10.1 Å². The molecule has 0 saturated carbocycles. The number of hydrogen-bond donors (Lipinski definition) is 2. The Balaban J connectivity index is 1.78. The minimum Gasteiger partial charge on any atom is -0.452 e. The van der Waals surface area contributed by atoms with Crippen molar-refractivity contribution in [2.75, 3.05) is 6.61 Å². The van der Waals surface area contributed by atoms with Gasteiger partial charge in [-0.1, -0.05) is 11.2 Å². The molecule has 146 valence electrons. The maximum absolute atomic E-state index is 12.6. The maximum Gasteiger partial charge on any atom is 0.339 e. The molecule has 2 N–H and O–H groups in total. The first-order valence-corrected chi connectivity index (χ1v) is 9.31. The van der Waals surface area contributed by atoms with Gasteiger partial charge in [0.15, 0.2) is 6.61 Å². The first kappa shape index (κ1) is 19.5. The van der Waals surface area contributed by atoms with Gasteiger partial charge in [0.1, 0.15) is 0 Å². The van der Waals surface area contributed by atoms with E-state index in [4.69, 9.17) is 9.26 Å². The number of urea groups is 1. The zero-order valence-electron chi connectivity index (χ0n) is 15.4. The van der Waals surface area contributed by atoms with Crippen LogP contribution < -0.4 is 10.6 Å². The smallest absolute Gasteiger partial charge is 0.339 e. The number of amides is 3. The molecule has 0 saturated heterocycles. The predicted octanol–water partition coefficient (Wildman–Crippen LogP) is 2.65. The highest BCUT2D eigenvalue weighted by Gasteiger charge is 2.21. The molecule has 0 atom stereocenters. The number of aryl methyl sites for hydroxylation is 1. The van der Waals surface area contributed by atoms with E-state index in [1.807, 2.05) is 17.5 Å². The molecule has 3 heterocycles. The first-order chi connectivity index (χ1) is 13.3. The van der Waals surface area contributed by atoms with Crippen LogP contribution in [-0.4, -0.2) is 40.7 Å². The second-order valence-electron chi connectivity index (χ2n) is 6.23. The number of pyridine rings is 1. The number of imide groups is 1. The van der Waals surface area contributed by atoms with Crippen molar-refractivity contribution in [1.82, 2.24) is 20.8 Å². The summed E-state index contributed by atoms with van der Waals surface area (Å²) >= 11 is 1.46. The van der Waals surface area contributed by atoms with Gasteiger partial charge in [-0.15, -0.1) is 11.3 Å². The van der Waals surface area contributed by atoms with E-state index in [9.17, 15) is 14.4 Å². The molecular weight excluding hydrogens is 384 g/mol. The van der Waals surface area contributed by atoms with Crippen LogP contribution in [0, 0.1) is 6.92 Å². The molecule has 10 heteroatoms. The number of aromatic nitrogens is 2. The second-order valence-corrected chi connectivity index (χ2v) is 7.18. The number of nitrogens with zero attached hydrogens (tertiary/aromatic N) is 2. The average molecular weight is 402 g/mol. The molecule has 0 aliphatic rings. The Morgan fingerprint density at radius 1 is 1.32 bits per heavy atom. The highest BCUT2D eigenvalue weighted by Crippen LogP contribution is 2.29. The molecule has 3 amide bonds. The van der Waals surface area contributed by atoms with Crippen LogP contribution in [0.3, 0.4) is 0 Å². The lowest BCUT2D eigenvalue weighted by atomic mass is 10.1. The number of hydrogen-bond acceptors (Lipinski definition) is 8. The lowest BCUT2D eigenvalue weighted by Gasteiger charge is -2.10. The third-order valence-electron chi connectivity index (χ3n) is 3.62. The standard InChI is InChI=1S/C18H18N4O5S/c1-9(2)19-18(25)21-14(23)8-26-17(24)11-7-12(13-5-4-6-28-13)20-16-15(11)10(3)22-27-16/h4-7,9H,8H2,1-3H3,(H2,19,21,23,25). The van der Waals surface area contributed by atoms with Gasteiger partial charge in [0.2, 0.25) is 0 Å². The quantitative estimate of drug-likeness (QED) is 0.629. The summed E-state index contributed by atoms with van der Waals surface area (Å²) in [6.45, 7) is 4.58. The van der Waals surface area contributed by atoms with E-state index in [1.54, 1.807) is 26.8 Å². The number of thiophene rings is 1. The van der Waals surface area contributed by atoms with Crippen LogP contribution >= 0.6 is 11.3 Å². The topological polar surface area (TPSA) is 123 Å². The second kappa shape index (κ2) is 8.17. The number of ether oxygens (including phenoxy) is 1. The van der Waals surface area contributed by atoms with E-state index in [0.29, 0.717) is 16.8 Å². The summed E-state index contributed by atoms with van der Waals surface area (Å²) in [6, 6.07) is 4.51. The van der Waals surface area contributed by atoms with Crippen molar-refractivity contribution in [1.29, 1.82) is 0 Å². The Bertz CT molecular complexity index is 1030. The molecule has 0 unspecified atom stereocenters.